The van der Waals surface area contributed by atoms with Gasteiger partial charge in [0.1, 0.15) is 0 Å². The Hall–Kier alpha value is -6.90. The maximum absolute atomic E-state index is 2.53. The quantitative estimate of drug-likeness (QED) is 0.160. The lowest BCUT2D eigenvalue weighted by Gasteiger charge is -2.43. The summed E-state index contributed by atoms with van der Waals surface area (Å²) in [5, 5.41) is 4.95. The monoisotopic (exact) mass is 824 g/mol. The van der Waals surface area contributed by atoms with Crippen LogP contribution in [0.4, 0.5) is 34.1 Å². The molecule has 2 aliphatic carbocycles. The van der Waals surface area contributed by atoms with Crippen LogP contribution in [0.1, 0.15) is 99.9 Å². The zero-order valence-electron chi connectivity index (χ0n) is 38.1. The van der Waals surface area contributed by atoms with Gasteiger partial charge in [-0.15, -0.1) is 0 Å². The maximum atomic E-state index is 2.53. The smallest absolute Gasteiger partial charge is 0.0509 e. The van der Waals surface area contributed by atoms with Crippen molar-refractivity contribution in [3.63, 3.8) is 0 Å². The fourth-order valence-electron chi connectivity index (χ4n) is 12.6. The van der Waals surface area contributed by atoms with E-state index in [9.17, 15) is 0 Å². The molecule has 0 unspecified atom stereocenters. The molecule has 310 valence electrons. The van der Waals surface area contributed by atoms with Crippen molar-refractivity contribution in [2.45, 2.75) is 77.0 Å². The summed E-state index contributed by atoms with van der Waals surface area (Å²) in [6.45, 7) is 19.2. The van der Waals surface area contributed by atoms with E-state index in [1.165, 1.54) is 122 Å². The Morgan fingerprint density at radius 3 is 1.03 bits per heavy atom. The first kappa shape index (κ1) is 37.6. The van der Waals surface area contributed by atoms with Crippen LogP contribution in [-0.4, -0.2) is 0 Å². The van der Waals surface area contributed by atoms with Gasteiger partial charge in [-0.05, 0) is 149 Å². The molecule has 13 rings (SSSR count). The fourth-order valence-corrected chi connectivity index (χ4v) is 12.6. The van der Waals surface area contributed by atoms with E-state index in [4.69, 9.17) is 0 Å². The third-order valence-corrected chi connectivity index (χ3v) is 16.1. The van der Waals surface area contributed by atoms with Crippen LogP contribution in [0, 0.1) is 0 Å². The minimum atomic E-state index is -0.167. The van der Waals surface area contributed by atoms with E-state index in [-0.39, 0.29) is 21.7 Å². The van der Waals surface area contributed by atoms with E-state index in [1.54, 1.807) is 0 Å². The normalized spacial score (nSPS) is 17.2. The molecular formula is C62H52N2. The van der Waals surface area contributed by atoms with E-state index < -0.39 is 0 Å². The largest absolute Gasteiger partial charge is 0.310 e. The van der Waals surface area contributed by atoms with Crippen LogP contribution in [0.15, 0.2) is 170 Å². The summed E-state index contributed by atoms with van der Waals surface area (Å²) in [4.78, 5) is 5.06. The summed E-state index contributed by atoms with van der Waals surface area (Å²) in [5.74, 6) is 0. The third-order valence-electron chi connectivity index (χ3n) is 16.1. The van der Waals surface area contributed by atoms with Crippen LogP contribution in [0.25, 0.3) is 43.8 Å². The topological polar surface area (TPSA) is 6.48 Å². The van der Waals surface area contributed by atoms with E-state index in [2.05, 4.69) is 235 Å². The number of hydrogen-bond acceptors (Lipinski definition) is 2. The maximum Gasteiger partial charge on any atom is 0.0509 e. The van der Waals surface area contributed by atoms with Gasteiger partial charge >= 0.3 is 0 Å². The average Bonchev–Trinajstić information content (AvgIpc) is 3.66. The van der Waals surface area contributed by atoms with Gasteiger partial charge in [-0.2, -0.15) is 0 Å². The van der Waals surface area contributed by atoms with E-state index in [0.29, 0.717) is 0 Å². The van der Waals surface area contributed by atoms with Crippen molar-refractivity contribution >= 4 is 55.7 Å². The number of benzene rings is 9. The van der Waals surface area contributed by atoms with Gasteiger partial charge in [-0.25, -0.2) is 0 Å². The van der Waals surface area contributed by atoms with Crippen molar-refractivity contribution in [3.8, 4) is 22.3 Å². The average molecular weight is 825 g/mol. The molecule has 2 aliphatic heterocycles. The molecule has 0 atom stereocenters. The Morgan fingerprint density at radius 1 is 0.250 bits per heavy atom. The van der Waals surface area contributed by atoms with Crippen molar-refractivity contribution in [1.82, 2.24) is 0 Å². The Balaban J connectivity index is 0.957. The number of fused-ring (bicyclic) bond motifs is 12. The molecule has 2 nitrogen and oxygen atoms in total. The van der Waals surface area contributed by atoms with E-state index in [1.807, 2.05) is 0 Å². The van der Waals surface area contributed by atoms with Crippen LogP contribution in [0.2, 0.25) is 0 Å². The summed E-state index contributed by atoms with van der Waals surface area (Å²) < 4.78 is 0. The molecule has 4 aliphatic rings. The molecule has 64 heavy (non-hydrogen) atoms. The second-order valence-corrected chi connectivity index (χ2v) is 21.0. The minimum Gasteiger partial charge on any atom is -0.310 e. The van der Waals surface area contributed by atoms with Crippen LogP contribution >= 0.6 is 0 Å². The number of rotatable bonds is 2. The number of nitrogens with zero attached hydrogens (tertiary/aromatic N) is 2. The molecule has 2 heterocycles. The first-order chi connectivity index (χ1) is 30.7. The Kier molecular flexibility index (Phi) is 7.30. The van der Waals surface area contributed by atoms with Crippen LogP contribution in [0.3, 0.4) is 0 Å². The zero-order valence-corrected chi connectivity index (χ0v) is 38.1. The van der Waals surface area contributed by atoms with Crippen LogP contribution < -0.4 is 9.80 Å². The lowest BCUT2D eigenvalue weighted by molar-refractivity contribution is 0.619. The van der Waals surface area contributed by atoms with Gasteiger partial charge in [-0.3, -0.25) is 0 Å². The SMILES string of the molecule is CC1(C)c2ccccc2-c2cc3c(cc21)C(C)(C)c1ccccc1N3c1ccc2cc3cc(N4c5ccccc5C(C)(C)c5cc6c(cc54)-c4ccccc4C6(C)C)ccc3cc2c1. The first-order valence-electron chi connectivity index (χ1n) is 23.1. The third kappa shape index (κ3) is 4.81. The zero-order chi connectivity index (χ0) is 43.7. The Labute approximate surface area is 377 Å². The molecule has 0 bridgehead atoms. The Morgan fingerprint density at radius 2 is 0.609 bits per heavy atom. The number of hydrogen-bond donors (Lipinski definition) is 0. The molecule has 0 radical (unpaired) electrons. The van der Waals surface area contributed by atoms with Gasteiger partial charge in [0.25, 0.3) is 0 Å². The van der Waals surface area contributed by atoms with Crippen molar-refractivity contribution in [2.75, 3.05) is 9.80 Å². The highest BCUT2D eigenvalue weighted by molar-refractivity contribution is 6.03. The second kappa shape index (κ2) is 12.4. The fraction of sp³-hybridized carbons (Fsp3) is 0.194. The molecule has 0 spiro atoms. The molecule has 0 fully saturated rings. The summed E-state index contributed by atoms with van der Waals surface area (Å²) in [5.41, 5.74) is 23.4. The predicted octanol–water partition coefficient (Wildman–Crippen LogP) is 16.8. The number of anilines is 6. The van der Waals surface area contributed by atoms with Crippen molar-refractivity contribution in [2.24, 2.45) is 0 Å². The summed E-state index contributed by atoms with van der Waals surface area (Å²) in [7, 11) is 0. The number of para-hydroxylation sites is 2. The van der Waals surface area contributed by atoms with Gasteiger partial charge in [0.05, 0.1) is 22.7 Å². The van der Waals surface area contributed by atoms with Crippen molar-refractivity contribution < 1.29 is 0 Å². The molecular weight excluding hydrogens is 773 g/mol. The molecule has 9 aromatic rings. The highest BCUT2D eigenvalue weighted by atomic mass is 15.2. The molecule has 0 amide bonds. The summed E-state index contributed by atoms with van der Waals surface area (Å²) in [6, 6.07) is 65.1. The molecule has 0 saturated carbocycles. The minimum absolute atomic E-state index is 0.0660. The highest BCUT2D eigenvalue weighted by Crippen LogP contribution is 2.60. The van der Waals surface area contributed by atoms with Crippen molar-refractivity contribution in [3.05, 3.63) is 214 Å². The lowest BCUT2D eigenvalue weighted by atomic mass is 9.71. The van der Waals surface area contributed by atoms with Crippen LogP contribution in [-0.2, 0) is 21.7 Å². The van der Waals surface area contributed by atoms with Gasteiger partial charge in [0.2, 0.25) is 0 Å². The molecule has 0 aromatic heterocycles. The Bertz CT molecular complexity index is 3290. The van der Waals surface area contributed by atoms with Gasteiger partial charge < -0.3 is 9.80 Å². The summed E-state index contributed by atoms with van der Waals surface area (Å²) in [6.07, 6.45) is 0. The standard InChI is InChI=1S/C62H52N2/c1-59(2)47-19-11-9-17-43(47)45-33-57-53(35-51(45)59)61(5,6)49-21-13-15-23-55(49)63(57)41-27-25-37-30-40-32-42(28-26-38(40)29-39(37)31-41)64-56-24-16-14-22-50(56)62(7,8)54-36-52-46(34-58(54)64)44-18-10-12-20-48(44)60(52,3)4/h9-36H,1-8H3. The first-order valence-corrected chi connectivity index (χ1v) is 23.1. The van der Waals surface area contributed by atoms with E-state index >= 15 is 0 Å². The van der Waals surface area contributed by atoms with Gasteiger partial charge in [0.15, 0.2) is 0 Å². The van der Waals surface area contributed by atoms with Gasteiger partial charge in [0, 0.05) is 33.0 Å². The predicted molar refractivity (Wildman–Crippen MR) is 270 cm³/mol. The lowest BCUT2D eigenvalue weighted by Crippen LogP contribution is -2.31. The van der Waals surface area contributed by atoms with E-state index in [0.717, 1.165) is 0 Å². The van der Waals surface area contributed by atoms with Crippen molar-refractivity contribution in [1.29, 1.82) is 0 Å². The molecule has 0 saturated heterocycles. The van der Waals surface area contributed by atoms with Gasteiger partial charge in [-0.1, -0.05) is 165 Å². The molecule has 2 heteroatoms. The molecule has 0 N–H and O–H groups in total. The second-order valence-electron chi connectivity index (χ2n) is 21.0. The summed E-state index contributed by atoms with van der Waals surface area (Å²) >= 11 is 0. The van der Waals surface area contributed by atoms with Crippen LogP contribution in [0.5, 0.6) is 0 Å². The molecule has 9 aromatic carbocycles. The highest BCUT2D eigenvalue weighted by Gasteiger charge is 2.44.